The van der Waals surface area contributed by atoms with Crippen molar-refractivity contribution in [1.29, 1.82) is 0 Å². The molecule has 0 aliphatic carbocycles. The molecule has 0 heterocycles. The molecule has 0 saturated carbocycles. The van der Waals surface area contributed by atoms with Gasteiger partial charge < -0.3 is 10.5 Å². The molecule has 0 aromatic heterocycles. The third kappa shape index (κ3) is 3.01. The summed E-state index contributed by atoms with van der Waals surface area (Å²) in [7, 11) is -3.23. The summed E-state index contributed by atoms with van der Waals surface area (Å²) in [6.07, 6.45) is 1.16. The summed E-state index contributed by atoms with van der Waals surface area (Å²) < 4.78 is 28.4. The Hall–Kier alpha value is -2.01. The standard InChI is InChI=1S/C13H13NO3S/c1-18(15,16)13-7-3-6-12(9-13)17-11-5-2-4-10(14)8-11/h2-9H,14H2,1H3. The lowest BCUT2D eigenvalue weighted by molar-refractivity contribution is 0.481. The Morgan fingerprint density at radius 1 is 1.00 bits per heavy atom. The second-order valence-corrected chi connectivity index (χ2v) is 5.94. The summed E-state index contributed by atoms with van der Waals surface area (Å²) in [6.45, 7) is 0. The van der Waals surface area contributed by atoms with Crippen LogP contribution in [0.4, 0.5) is 5.69 Å². The molecule has 4 nitrogen and oxygen atoms in total. The molecule has 2 N–H and O–H groups in total. The summed E-state index contributed by atoms with van der Waals surface area (Å²) in [4.78, 5) is 0.226. The molecular formula is C13H13NO3S. The van der Waals surface area contributed by atoms with Gasteiger partial charge in [0.2, 0.25) is 0 Å². The first kappa shape index (κ1) is 12.4. The number of benzene rings is 2. The molecule has 5 heteroatoms. The van der Waals surface area contributed by atoms with E-state index >= 15 is 0 Å². The van der Waals surface area contributed by atoms with Crippen LogP contribution in [0.25, 0.3) is 0 Å². The molecule has 0 radical (unpaired) electrons. The van der Waals surface area contributed by atoms with Gasteiger partial charge in [-0.25, -0.2) is 8.42 Å². The number of rotatable bonds is 3. The van der Waals surface area contributed by atoms with Gasteiger partial charge in [-0.05, 0) is 30.3 Å². The molecule has 0 aliphatic rings. The third-order valence-corrected chi connectivity index (χ3v) is 3.44. The molecule has 0 unspecified atom stereocenters. The van der Waals surface area contributed by atoms with Crippen LogP contribution in [-0.4, -0.2) is 14.7 Å². The lowest BCUT2D eigenvalue weighted by Gasteiger charge is -2.07. The van der Waals surface area contributed by atoms with Crippen molar-refractivity contribution in [2.75, 3.05) is 12.0 Å². The average molecular weight is 263 g/mol. The summed E-state index contributed by atoms with van der Waals surface area (Å²) in [6, 6.07) is 13.3. The van der Waals surface area contributed by atoms with E-state index in [0.29, 0.717) is 17.2 Å². The molecule has 0 amide bonds. The molecule has 0 saturated heterocycles. The minimum atomic E-state index is -3.23. The molecule has 2 aromatic carbocycles. The van der Waals surface area contributed by atoms with E-state index in [1.54, 1.807) is 36.4 Å². The Morgan fingerprint density at radius 3 is 2.22 bits per heavy atom. The van der Waals surface area contributed by atoms with Crippen molar-refractivity contribution in [2.24, 2.45) is 0 Å². The second-order valence-electron chi connectivity index (χ2n) is 3.92. The highest BCUT2D eigenvalue weighted by Gasteiger charge is 2.08. The minimum Gasteiger partial charge on any atom is -0.457 e. The Balaban J connectivity index is 2.30. The molecular weight excluding hydrogens is 250 g/mol. The fraction of sp³-hybridized carbons (Fsp3) is 0.0769. The van der Waals surface area contributed by atoms with E-state index in [4.69, 9.17) is 10.5 Å². The molecule has 0 bridgehead atoms. The van der Waals surface area contributed by atoms with Crippen LogP contribution in [-0.2, 0) is 9.84 Å². The van der Waals surface area contributed by atoms with Crippen molar-refractivity contribution in [2.45, 2.75) is 4.90 Å². The first-order valence-electron chi connectivity index (χ1n) is 5.29. The zero-order chi connectivity index (χ0) is 13.2. The van der Waals surface area contributed by atoms with Crippen molar-refractivity contribution in [3.8, 4) is 11.5 Å². The largest absolute Gasteiger partial charge is 0.457 e. The van der Waals surface area contributed by atoms with Gasteiger partial charge >= 0.3 is 0 Å². The fourth-order valence-corrected chi connectivity index (χ4v) is 2.14. The number of ether oxygens (including phenoxy) is 1. The van der Waals surface area contributed by atoms with Crippen LogP contribution in [0.15, 0.2) is 53.4 Å². The minimum absolute atomic E-state index is 0.226. The average Bonchev–Trinajstić information content (AvgIpc) is 2.28. The summed E-state index contributed by atoms with van der Waals surface area (Å²) >= 11 is 0. The highest BCUT2D eigenvalue weighted by molar-refractivity contribution is 7.90. The van der Waals surface area contributed by atoms with Gasteiger partial charge in [0.1, 0.15) is 11.5 Å². The van der Waals surface area contributed by atoms with Crippen molar-refractivity contribution in [1.82, 2.24) is 0 Å². The van der Waals surface area contributed by atoms with Crippen LogP contribution < -0.4 is 10.5 Å². The van der Waals surface area contributed by atoms with E-state index in [-0.39, 0.29) is 4.90 Å². The van der Waals surface area contributed by atoms with Crippen molar-refractivity contribution in [3.05, 3.63) is 48.5 Å². The number of nitrogens with two attached hydrogens (primary N) is 1. The Kier molecular flexibility index (Phi) is 3.25. The second kappa shape index (κ2) is 4.70. The highest BCUT2D eigenvalue weighted by Crippen LogP contribution is 2.25. The summed E-state index contributed by atoms with van der Waals surface area (Å²) in [5, 5.41) is 0. The van der Waals surface area contributed by atoms with E-state index in [0.717, 1.165) is 6.26 Å². The SMILES string of the molecule is CS(=O)(=O)c1cccc(Oc2cccc(N)c2)c1. The van der Waals surface area contributed by atoms with Gasteiger partial charge in [0.05, 0.1) is 4.90 Å². The van der Waals surface area contributed by atoms with Crippen molar-refractivity contribution >= 4 is 15.5 Å². The Bertz CT molecular complexity index is 665. The predicted octanol–water partition coefficient (Wildman–Crippen LogP) is 2.46. The number of sulfone groups is 1. The van der Waals surface area contributed by atoms with Crippen molar-refractivity contribution in [3.63, 3.8) is 0 Å². The topological polar surface area (TPSA) is 69.4 Å². The maximum atomic E-state index is 11.4. The Labute approximate surface area is 106 Å². The summed E-state index contributed by atoms with van der Waals surface area (Å²) in [5.74, 6) is 1.03. The highest BCUT2D eigenvalue weighted by atomic mass is 32.2. The molecule has 0 aliphatic heterocycles. The van der Waals surface area contributed by atoms with Crippen LogP contribution >= 0.6 is 0 Å². The first-order valence-corrected chi connectivity index (χ1v) is 7.18. The molecule has 94 valence electrons. The molecule has 18 heavy (non-hydrogen) atoms. The molecule has 2 aromatic rings. The van der Waals surface area contributed by atoms with Crippen LogP contribution in [0, 0.1) is 0 Å². The van der Waals surface area contributed by atoms with Crippen LogP contribution in [0.5, 0.6) is 11.5 Å². The number of anilines is 1. The monoisotopic (exact) mass is 263 g/mol. The number of hydrogen-bond donors (Lipinski definition) is 1. The molecule has 0 spiro atoms. The zero-order valence-corrected chi connectivity index (χ0v) is 10.6. The van der Waals surface area contributed by atoms with Gasteiger partial charge in [-0.3, -0.25) is 0 Å². The van der Waals surface area contributed by atoms with Gasteiger partial charge in [0.25, 0.3) is 0 Å². The maximum Gasteiger partial charge on any atom is 0.175 e. The zero-order valence-electron chi connectivity index (χ0n) is 9.83. The van der Waals surface area contributed by atoms with E-state index < -0.39 is 9.84 Å². The third-order valence-electron chi connectivity index (χ3n) is 2.33. The predicted molar refractivity (Wildman–Crippen MR) is 70.5 cm³/mol. The Morgan fingerprint density at radius 2 is 1.61 bits per heavy atom. The normalized spacial score (nSPS) is 11.2. The first-order chi connectivity index (χ1) is 8.45. The van der Waals surface area contributed by atoms with E-state index in [1.807, 2.05) is 0 Å². The lowest BCUT2D eigenvalue weighted by Crippen LogP contribution is -1.97. The number of hydrogen-bond acceptors (Lipinski definition) is 4. The number of nitrogen functional groups attached to an aromatic ring is 1. The quantitative estimate of drug-likeness (QED) is 0.864. The summed E-state index contributed by atoms with van der Waals surface area (Å²) in [5.41, 5.74) is 6.23. The van der Waals surface area contributed by atoms with Gasteiger partial charge in [-0.15, -0.1) is 0 Å². The maximum absolute atomic E-state index is 11.4. The van der Waals surface area contributed by atoms with E-state index in [1.165, 1.54) is 12.1 Å². The van der Waals surface area contributed by atoms with Gasteiger partial charge in [-0.2, -0.15) is 0 Å². The van der Waals surface area contributed by atoms with E-state index in [9.17, 15) is 8.42 Å². The van der Waals surface area contributed by atoms with Gasteiger partial charge in [0.15, 0.2) is 9.84 Å². The van der Waals surface area contributed by atoms with E-state index in [2.05, 4.69) is 0 Å². The van der Waals surface area contributed by atoms with Crippen molar-refractivity contribution < 1.29 is 13.2 Å². The lowest BCUT2D eigenvalue weighted by atomic mass is 10.3. The fourth-order valence-electron chi connectivity index (χ4n) is 1.48. The van der Waals surface area contributed by atoms with Crippen LogP contribution in [0.2, 0.25) is 0 Å². The van der Waals surface area contributed by atoms with Gasteiger partial charge in [-0.1, -0.05) is 12.1 Å². The van der Waals surface area contributed by atoms with Gasteiger partial charge in [0, 0.05) is 18.0 Å². The molecule has 0 fully saturated rings. The molecule has 2 rings (SSSR count). The molecule has 0 atom stereocenters. The van der Waals surface area contributed by atoms with Crippen LogP contribution in [0.1, 0.15) is 0 Å². The van der Waals surface area contributed by atoms with Crippen LogP contribution in [0.3, 0.4) is 0 Å². The smallest absolute Gasteiger partial charge is 0.175 e.